The fourth-order valence-corrected chi connectivity index (χ4v) is 3.80. The zero-order chi connectivity index (χ0) is 15.4. The van der Waals surface area contributed by atoms with Crippen LogP contribution >= 0.6 is 24.2 Å². The van der Waals surface area contributed by atoms with Crippen LogP contribution in [0.1, 0.15) is 38.2 Å². The third-order valence-corrected chi connectivity index (χ3v) is 5.42. The van der Waals surface area contributed by atoms with E-state index >= 15 is 0 Å². The minimum Gasteiger partial charge on any atom is -0.342 e. The van der Waals surface area contributed by atoms with E-state index in [9.17, 15) is 4.79 Å². The lowest BCUT2D eigenvalue weighted by atomic mass is 9.91. The zero-order valence-electron chi connectivity index (χ0n) is 13.6. The molecule has 0 aromatic heterocycles. The third-order valence-electron chi connectivity index (χ3n) is 4.32. The smallest absolute Gasteiger partial charge is 0.235 e. The highest BCUT2D eigenvalue weighted by Crippen LogP contribution is 2.27. The normalized spacial score (nSPS) is 22.5. The Kier molecular flexibility index (Phi) is 7.74. The summed E-state index contributed by atoms with van der Waals surface area (Å²) in [6.45, 7) is 4.07. The second-order valence-corrected chi connectivity index (χ2v) is 7.51. The molecule has 1 amide bonds. The van der Waals surface area contributed by atoms with Crippen molar-refractivity contribution in [3.63, 3.8) is 0 Å². The Hall–Kier alpha value is -0.710. The van der Waals surface area contributed by atoms with Crippen LogP contribution in [0.5, 0.6) is 0 Å². The summed E-state index contributed by atoms with van der Waals surface area (Å²) in [5, 5.41) is -0.0479. The summed E-state index contributed by atoms with van der Waals surface area (Å²) in [4.78, 5) is 15.7. The highest BCUT2D eigenvalue weighted by atomic mass is 35.5. The molecule has 3 nitrogen and oxygen atoms in total. The van der Waals surface area contributed by atoms with Crippen molar-refractivity contribution >= 4 is 30.1 Å². The van der Waals surface area contributed by atoms with E-state index in [1.807, 2.05) is 18.9 Å². The number of amides is 1. The van der Waals surface area contributed by atoms with Gasteiger partial charge in [0.2, 0.25) is 5.91 Å². The molecule has 0 saturated heterocycles. The molecule has 1 aromatic rings. The Labute approximate surface area is 144 Å². The fourth-order valence-electron chi connectivity index (χ4n) is 2.83. The zero-order valence-corrected chi connectivity index (χ0v) is 15.3. The quantitative estimate of drug-likeness (QED) is 0.850. The molecule has 0 aliphatic heterocycles. The minimum absolute atomic E-state index is 0. The summed E-state index contributed by atoms with van der Waals surface area (Å²) in [6.07, 6.45) is 4.13. The fraction of sp³-hybridized carbons (Fsp3) is 0.588. The van der Waals surface area contributed by atoms with E-state index in [4.69, 9.17) is 5.73 Å². The SMILES string of the molecule is Cc1ccc(S[C@@H](C)C(=O)N(C)C2CCC(N)CC2)cc1.Cl. The molecule has 1 saturated carbocycles. The first-order chi connectivity index (χ1) is 9.97. The molecule has 1 aliphatic rings. The Bertz CT molecular complexity index is 472. The van der Waals surface area contributed by atoms with Crippen LogP contribution in [0.15, 0.2) is 29.2 Å². The van der Waals surface area contributed by atoms with Crippen molar-refractivity contribution in [2.75, 3.05) is 7.05 Å². The van der Waals surface area contributed by atoms with E-state index in [0.29, 0.717) is 12.1 Å². The first kappa shape index (κ1) is 19.3. The van der Waals surface area contributed by atoms with Crippen molar-refractivity contribution in [2.45, 2.75) is 61.8 Å². The molecular formula is C17H27ClN2OS. The number of rotatable bonds is 4. The predicted octanol–water partition coefficient (Wildman–Crippen LogP) is 3.63. The Morgan fingerprint density at radius 2 is 1.77 bits per heavy atom. The van der Waals surface area contributed by atoms with Crippen LogP contribution < -0.4 is 5.73 Å². The summed E-state index contributed by atoms with van der Waals surface area (Å²) >= 11 is 1.64. The molecule has 0 heterocycles. The molecule has 2 N–H and O–H groups in total. The van der Waals surface area contributed by atoms with Gasteiger partial charge in [-0.2, -0.15) is 0 Å². The maximum absolute atomic E-state index is 12.6. The second kappa shape index (κ2) is 8.80. The number of hydrogen-bond donors (Lipinski definition) is 1. The first-order valence-electron chi connectivity index (χ1n) is 7.73. The first-order valence-corrected chi connectivity index (χ1v) is 8.61. The lowest BCUT2D eigenvalue weighted by Crippen LogP contribution is -2.44. The molecule has 1 aliphatic carbocycles. The maximum atomic E-state index is 12.6. The van der Waals surface area contributed by atoms with E-state index in [1.54, 1.807) is 11.8 Å². The molecule has 2 rings (SSSR count). The van der Waals surface area contributed by atoms with Crippen molar-refractivity contribution in [1.82, 2.24) is 4.90 Å². The highest BCUT2D eigenvalue weighted by Gasteiger charge is 2.27. The van der Waals surface area contributed by atoms with E-state index in [-0.39, 0.29) is 23.6 Å². The van der Waals surface area contributed by atoms with E-state index < -0.39 is 0 Å². The Morgan fingerprint density at radius 1 is 1.23 bits per heavy atom. The minimum atomic E-state index is -0.0479. The van der Waals surface area contributed by atoms with Crippen LogP contribution in [0, 0.1) is 6.92 Å². The summed E-state index contributed by atoms with van der Waals surface area (Å²) in [5.41, 5.74) is 7.18. The second-order valence-electron chi connectivity index (χ2n) is 6.09. The molecular weight excluding hydrogens is 316 g/mol. The predicted molar refractivity (Wildman–Crippen MR) is 96.7 cm³/mol. The van der Waals surface area contributed by atoms with Gasteiger partial charge in [0.1, 0.15) is 0 Å². The summed E-state index contributed by atoms with van der Waals surface area (Å²) in [6, 6.07) is 9.03. The number of aryl methyl sites for hydroxylation is 1. The largest absolute Gasteiger partial charge is 0.342 e. The Morgan fingerprint density at radius 3 is 2.32 bits per heavy atom. The van der Waals surface area contributed by atoms with Gasteiger partial charge in [-0.15, -0.1) is 24.2 Å². The van der Waals surface area contributed by atoms with Gasteiger partial charge in [-0.3, -0.25) is 4.79 Å². The van der Waals surface area contributed by atoms with Crippen molar-refractivity contribution in [3.05, 3.63) is 29.8 Å². The standard InChI is InChI=1S/C17H26N2OS.ClH/c1-12-4-10-16(11-5-12)21-13(2)17(20)19(3)15-8-6-14(18)7-9-15;/h4-5,10-11,13-15H,6-9,18H2,1-3H3;1H/t13-,14?,15?;/m0./s1. The number of nitrogens with zero attached hydrogens (tertiary/aromatic N) is 1. The van der Waals surface area contributed by atoms with Crippen molar-refractivity contribution < 1.29 is 4.79 Å². The molecule has 0 unspecified atom stereocenters. The number of carbonyl (C=O) groups excluding carboxylic acids is 1. The highest BCUT2D eigenvalue weighted by molar-refractivity contribution is 8.00. The molecule has 22 heavy (non-hydrogen) atoms. The number of hydrogen-bond acceptors (Lipinski definition) is 3. The van der Waals surface area contributed by atoms with Gasteiger partial charge in [-0.1, -0.05) is 17.7 Å². The number of benzene rings is 1. The molecule has 1 atom stereocenters. The number of halogens is 1. The maximum Gasteiger partial charge on any atom is 0.235 e. The van der Waals surface area contributed by atoms with Crippen LogP contribution in [0.2, 0.25) is 0 Å². The molecule has 0 bridgehead atoms. The number of carbonyl (C=O) groups is 1. The molecule has 124 valence electrons. The van der Waals surface area contributed by atoms with Gasteiger partial charge in [-0.25, -0.2) is 0 Å². The Balaban J connectivity index is 0.00000242. The third kappa shape index (κ3) is 5.18. The summed E-state index contributed by atoms with van der Waals surface area (Å²) in [5.74, 6) is 0.223. The van der Waals surface area contributed by atoms with Crippen molar-refractivity contribution in [3.8, 4) is 0 Å². The van der Waals surface area contributed by atoms with Crippen LogP contribution in [-0.2, 0) is 4.79 Å². The van der Waals surface area contributed by atoms with E-state index in [2.05, 4.69) is 31.2 Å². The lowest BCUT2D eigenvalue weighted by molar-refractivity contribution is -0.131. The van der Waals surface area contributed by atoms with Gasteiger partial charge >= 0.3 is 0 Å². The van der Waals surface area contributed by atoms with Crippen LogP contribution in [-0.4, -0.2) is 35.2 Å². The molecule has 5 heteroatoms. The lowest BCUT2D eigenvalue weighted by Gasteiger charge is -2.34. The topological polar surface area (TPSA) is 46.3 Å². The van der Waals surface area contributed by atoms with E-state index in [1.165, 1.54) is 5.56 Å². The molecule has 1 fully saturated rings. The van der Waals surface area contributed by atoms with Crippen LogP contribution in [0.4, 0.5) is 0 Å². The molecule has 0 radical (unpaired) electrons. The van der Waals surface area contributed by atoms with Gasteiger partial charge in [0.15, 0.2) is 0 Å². The average Bonchev–Trinajstić information content (AvgIpc) is 2.49. The molecule has 1 aromatic carbocycles. The average molecular weight is 343 g/mol. The van der Waals surface area contributed by atoms with Gasteiger partial charge in [0.25, 0.3) is 0 Å². The number of thioether (sulfide) groups is 1. The van der Waals surface area contributed by atoms with Crippen molar-refractivity contribution in [2.24, 2.45) is 5.73 Å². The van der Waals surface area contributed by atoms with Crippen molar-refractivity contribution in [1.29, 1.82) is 0 Å². The monoisotopic (exact) mass is 342 g/mol. The van der Waals surface area contributed by atoms with Gasteiger partial charge in [0, 0.05) is 24.0 Å². The summed E-state index contributed by atoms with van der Waals surface area (Å²) < 4.78 is 0. The van der Waals surface area contributed by atoms with E-state index in [0.717, 1.165) is 30.6 Å². The van der Waals surface area contributed by atoms with Gasteiger partial charge in [0.05, 0.1) is 5.25 Å². The summed E-state index contributed by atoms with van der Waals surface area (Å²) in [7, 11) is 1.94. The van der Waals surface area contributed by atoms with Gasteiger partial charge < -0.3 is 10.6 Å². The molecule has 0 spiro atoms. The van der Waals surface area contributed by atoms with Crippen LogP contribution in [0.25, 0.3) is 0 Å². The van der Waals surface area contributed by atoms with Gasteiger partial charge in [-0.05, 0) is 51.7 Å². The van der Waals surface area contributed by atoms with Crippen LogP contribution in [0.3, 0.4) is 0 Å². The number of nitrogens with two attached hydrogens (primary N) is 1.